The molecule has 13 rings (SSSR count). The van der Waals surface area contributed by atoms with E-state index in [2.05, 4.69) is 24.8 Å². The van der Waals surface area contributed by atoms with Crippen molar-refractivity contribution >= 4 is 98.8 Å². The molecule has 5 aromatic carbocycles. The number of cyclic esters (lactones) is 2. The van der Waals surface area contributed by atoms with Crippen LogP contribution in [-0.4, -0.2) is 211 Å². The summed E-state index contributed by atoms with van der Waals surface area (Å²) >= 11 is 3.17. The van der Waals surface area contributed by atoms with Gasteiger partial charge in [-0.15, -0.1) is 22.7 Å². The molecule has 490 valence electrons. The van der Waals surface area contributed by atoms with E-state index in [1.165, 1.54) is 52.3 Å². The number of aromatic carboxylic acids is 2. The molecule has 94 heavy (non-hydrogen) atoms. The van der Waals surface area contributed by atoms with Gasteiger partial charge in [0.1, 0.15) is 5.69 Å². The molecule has 7 aromatic rings. The number of hydrogen-bond donors (Lipinski definition) is 6. The second kappa shape index (κ2) is 32.1. The van der Waals surface area contributed by atoms with E-state index in [0.717, 1.165) is 92.5 Å². The third-order valence-electron chi connectivity index (χ3n) is 15.5. The minimum absolute atomic E-state index is 0.00917. The quantitative estimate of drug-likeness (QED) is 0.0162. The number of nitrogen functional groups attached to an aromatic ring is 2. The lowest BCUT2D eigenvalue weighted by Gasteiger charge is -2.27. The number of hydrogen-bond acceptors (Lipinski definition) is 23. The molecule has 0 atom stereocenters. The van der Waals surface area contributed by atoms with Crippen LogP contribution in [0.1, 0.15) is 93.2 Å². The molecule has 6 aliphatic rings. The largest absolute Gasteiger partial charge is 0.478 e. The van der Waals surface area contributed by atoms with Gasteiger partial charge in [0.25, 0.3) is 35.2 Å². The van der Waals surface area contributed by atoms with Crippen LogP contribution in [0.3, 0.4) is 0 Å². The number of anilines is 3. The Morgan fingerprint density at radius 3 is 1.38 bits per heavy atom. The second-order valence-electron chi connectivity index (χ2n) is 21.5. The summed E-state index contributed by atoms with van der Waals surface area (Å²) < 4.78 is 20.1. The van der Waals surface area contributed by atoms with Crippen LogP contribution in [0.15, 0.2) is 126 Å². The topological polar surface area (TPSA) is 380 Å². The molecular formula is C65H66N10O17S2. The number of imide groups is 2. The van der Waals surface area contributed by atoms with Crippen molar-refractivity contribution in [3.05, 3.63) is 186 Å². The zero-order valence-electron chi connectivity index (χ0n) is 50.6. The Morgan fingerprint density at radius 1 is 0.500 bits per heavy atom. The Hall–Kier alpha value is -9.95. The van der Waals surface area contributed by atoms with Gasteiger partial charge in [0, 0.05) is 99.9 Å². The summed E-state index contributed by atoms with van der Waals surface area (Å²) in [7, 11) is 0. The van der Waals surface area contributed by atoms with Crippen molar-refractivity contribution in [3.63, 3.8) is 0 Å². The highest BCUT2D eigenvalue weighted by Gasteiger charge is 2.38. The number of esters is 2. The molecule has 0 bridgehead atoms. The highest BCUT2D eigenvalue weighted by molar-refractivity contribution is 7.13. The summed E-state index contributed by atoms with van der Waals surface area (Å²) in [6.45, 7) is 13.2. The van der Waals surface area contributed by atoms with Crippen LogP contribution >= 0.6 is 22.7 Å². The van der Waals surface area contributed by atoms with E-state index in [1.807, 2.05) is 47.2 Å². The second-order valence-corrected chi connectivity index (χ2v) is 23.4. The van der Waals surface area contributed by atoms with Gasteiger partial charge in [0.15, 0.2) is 0 Å². The van der Waals surface area contributed by atoms with Crippen LogP contribution in [0.25, 0.3) is 20.9 Å². The van der Waals surface area contributed by atoms with Gasteiger partial charge in [0.2, 0.25) is 0 Å². The number of nitrogens with two attached hydrogens (primary N) is 3. The number of nitrogens with zero attached hydrogens (tertiary/aromatic N) is 6. The highest BCUT2D eigenvalue weighted by Crippen LogP contribution is 2.33. The van der Waals surface area contributed by atoms with Crippen LogP contribution in [0.2, 0.25) is 0 Å². The van der Waals surface area contributed by atoms with E-state index in [0.29, 0.717) is 69.5 Å². The molecule has 8 heterocycles. The van der Waals surface area contributed by atoms with Crippen LogP contribution in [0, 0.1) is 10.1 Å². The summed E-state index contributed by atoms with van der Waals surface area (Å²) in [5, 5.41) is 34.9. The number of nitro benzene ring substituents is 1. The van der Waals surface area contributed by atoms with Gasteiger partial charge in [-0.05, 0) is 113 Å². The molecule has 0 saturated carbocycles. The summed E-state index contributed by atoms with van der Waals surface area (Å²) in [4.78, 5) is 128. The minimum Gasteiger partial charge on any atom is -0.478 e. The van der Waals surface area contributed by atoms with Crippen molar-refractivity contribution in [2.24, 2.45) is 5.73 Å². The number of benzene rings is 5. The fraction of sp³-hybridized carbons (Fsp3) is 0.277. The molecule has 29 heteroatoms. The summed E-state index contributed by atoms with van der Waals surface area (Å²) in [6, 6.07) is 30.4. The van der Waals surface area contributed by atoms with Gasteiger partial charge in [-0.1, -0.05) is 18.2 Å². The molecule has 0 spiro atoms. The molecule has 9 N–H and O–H groups in total. The van der Waals surface area contributed by atoms with Crippen LogP contribution in [0.4, 0.5) is 22.7 Å². The number of carbonyl (C=O) groups excluding carboxylic acids is 7. The normalized spacial score (nSPS) is 16.0. The first-order valence-electron chi connectivity index (χ1n) is 29.6. The molecule has 6 aliphatic heterocycles. The average molecular weight is 1320 g/mol. The zero-order valence-corrected chi connectivity index (χ0v) is 52.2. The Labute approximate surface area is 545 Å². The monoisotopic (exact) mass is 1320 g/mol. The number of carboxylic acid groups (broad SMARTS) is 2. The molecule has 0 radical (unpaired) electrons. The maximum atomic E-state index is 13.0. The molecule has 0 unspecified atom stereocenters. The Balaban J connectivity index is 0.000000149. The summed E-state index contributed by atoms with van der Waals surface area (Å²) in [6.07, 6.45) is 0. The van der Waals surface area contributed by atoms with Gasteiger partial charge < -0.3 is 51.7 Å². The number of nitrogens with one attached hydrogen (secondary N) is 1. The van der Waals surface area contributed by atoms with Crippen molar-refractivity contribution in [2.75, 3.05) is 135 Å². The fourth-order valence-corrected chi connectivity index (χ4v) is 11.8. The van der Waals surface area contributed by atoms with Crippen molar-refractivity contribution in [1.82, 2.24) is 24.5 Å². The van der Waals surface area contributed by atoms with Crippen molar-refractivity contribution in [3.8, 4) is 20.9 Å². The molecule has 3 fully saturated rings. The molecule has 0 aliphatic carbocycles. The van der Waals surface area contributed by atoms with E-state index in [9.17, 15) is 53.3 Å². The van der Waals surface area contributed by atoms with Gasteiger partial charge in [0.05, 0.1) is 100 Å². The minimum atomic E-state index is -1.15. The SMILES string of the molecule is NCCN1CCOCC1.Nc1cc(-c2cccs2)ccc1[N+](=O)[O-].Nc1ccc(-c2cccs2)cc1NC(=O)c1ccc2c(c1)C(=O)N(CCN1CCOCC1)C2=O.O=C(O)c1ccc2c(c1)C(=O)N(CCN1CCOCC1)C2=O.O=C(O)c1ccc2c(c1)C(=O)OC2=O. The lowest BCUT2D eigenvalue weighted by molar-refractivity contribution is -0.383. The van der Waals surface area contributed by atoms with E-state index < -0.39 is 40.6 Å². The predicted octanol–water partition coefficient (Wildman–Crippen LogP) is 6.37. The third kappa shape index (κ3) is 17.0. The van der Waals surface area contributed by atoms with Gasteiger partial charge in [-0.2, -0.15) is 0 Å². The lowest BCUT2D eigenvalue weighted by Crippen LogP contribution is -2.42. The zero-order chi connectivity index (χ0) is 67.0. The van der Waals surface area contributed by atoms with Crippen molar-refractivity contribution in [1.29, 1.82) is 0 Å². The number of nitro groups is 1. The number of rotatable bonds is 15. The molecule has 27 nitrogen and oxygen atoms in total. The molecule has 2 aromatic heterocycles. The number of thiophene rings is 2. The van der Waals surface area contributed by atoms with Crippen molar-refractivity contribution in [2.45, 2.75) is 0 Å². The number of carbonyl (C=O) groups is 9. The maximum absolute atomic E-state index is 13.0. The first kappa shape index (κ1) is 68.4. The van der Waals surface area contributed by atoms with E-state index in [-0.39, 0.29) is 73.6 Å². The molecule has 5 amide bonds. The van der Waals surface area contributed by atoms with E-state index in [4.69, 9.17) is 41.6 Å². The number of ether oxygens (including phenoxy) is 4. The average Bonchev–Trinajstić information content (AvgIpc) is 1.63. The molecule has 3 saturated heterocycles. The first-order valence-corrected chi connectivity index (χ1v) is 31.4. The van der Waals surface area contributed by atoms with Crippen LogP contribution in [0.5, 0.6) is 0 Å². The number of fused-ring (bicyclic) bond motifs is 3. The summed E-state index contributed by atoms with van der Waals surface area (Å²) in [5.41, 5.74) is 21.4. The van der Waals surface area contributed by atoms with Crippen molar-refractivity contribution < 1.29 is 77.2 Å². The number of amides is 5. The molecular weight excluding hydrogens is 1260 g/mol. The van der Waals surface area contributed by atoms with E-state index >= 15 is 0 Å². The summed E-state index contributed by atoms with van der Waals surface area (Å²) in [5.74, 6) is -5.67. The highest BCUT2D eigenvalue weighted by atomic mass is 32.1. The van der Waals surface area contributed by atoms with Crippen LogP contribution < -0.4 is 22.5 Å². The van der Waals surface area contributed by atoms with Gasteiger partial charge in [-0.25, -0.2) is 19.2 Å². The van der Waals surface area contributed by atoms with Gasteiger partial charge in [-0.3, -0.25) is 58.6 Å². The smallest absolute Gasteiger partial charge is 0.346 e. The van der Waals surface area contributed by atoms with Gasteiger partial charge >= 0.3 is 23.9 Å². The third-order valence-corrected chi connectivity index (χ3v) is 17.4. The number of carboxylic acids is 2. The first-order chi connectivity index (χ1) is 45.3. The Kier molecular flexibility index (Phi) is 23.3. The predicted molar refractivity (Wildman–Crippen MR) is 347 cm³/mol. The lowest BCUT2D eigenvalue weighted by atomic mass is 10.0. The Morgan fingerprint density at radius 2 is 0.926 bits per heavy atom. The standard InChI is InChI=1S/C25H24N4O4S.C15H16N2O5.C10H8N2O2S.C9H4O5.C6H14N2O/c26-20-6-4-16(22-2-1-13-34-22)15-21(20)27-23(30)17-3-5-18-19(14-17)25(32)29(24(18)31)8-7-28-9-11-33-12-10-28;18-13-11-2-1-10(15(20)21)9-12(11)14(19)17(13)4-3-16-5-7-22-8-6-16;11-8-6-7(10-2-1-5-15-10)3-4-9(8)12(13)14;10-7(11)4-1-2-5-6(3-4)9(13)14-8(5)12;7-1-2-8-3-5-9-6-4-8/h1-6,13-15H,7-12,26H2,(H,27,30);1-2,9H,3-8H2,(H,20,21);1-6H,11H2;1-3H,(H,10,11);1-7H2. The van der Waals surface area contributed by atoms with E-state index in [1.54, 1.807) is 53.0 Å². The maximum Gasteiger partial charge on any atom is 0.346 e. The van der Waals surface area contributed by atoms with Crippen LogP contribution in [-0.2, 0) is 18.9 Å². The fourth-order valence-electron chi connectivity index (χ4n) is 10.4. The number of morpholine rings is 3. The Bertz CT molecular complexity index is 3980.